The summed E-state index contributed by atoms with van der Waals surface area (Å²) in [6.45, 7) is 18.3. The summed E-state index contributed by atoms with van der Waals surface area (Å²) >= 11 is 0. The van der Waals surface area contributed by atoms with Gasteiger partial charge in [-0.3, -0.25) is 0 Å². The van der Waals surface area contributed by atoms with Crippen LogP contribution in [0.25, 0.3) is 0 Å². The molecule has 0 aromatic heterocycles. The zero-order chi connectivity index (χ0) is 19.8. The Balaban J connectivity index is 0.00000102. The average molecular weight is 371 g/mol. The number of allylic oxidation sites excluding steroid dienone is 3. The highest BCUT2D eigenvalue weighted by molar-refractivity contribution is 5.23. The Labute approximate surface area is 170 Å². The first-order valence-corrected chi connectivity index (χ1v) is 12.2. The van der Waals surface area contributed by atoms with Crippen molar-refractivity contribution >= 4 is 0 Å². The summed E-state index contributed by atoms with van der Waals surface area (Å²) < 4.78 is 0. The first kappa shape index (κ1) is 21.2. The number of rotatable bonds is 2. The molecule has 0 aromatic carbocycles. The zero-order valence-corrected chi connectivity index (χ0v) is 19.2. The minimum atomic E-state index is 0.525. The molecule has 0 heteroatoms. The van der Waals surface area contributed by atoms with Gasteiger partial charge in [0.2, 0.25) is 0 Å². The fraction of sp³-hybridized carbons (Fsp3) is 0.852. The van der Waals surface area contributed by atoms with Gasteiger partial charge in [-0.05, 0) is 97.7 Å². The van der Waals surface area contributed by atoms with Crippen molar-refractivity contribution in [3.8, 4) is 0 Å². The quantitative estimate of drug-likeness (QED) is 0.428. The second kappa shape index (κ2) is 8.08. The molecule has 4 rings (SSSR count). The first-order valence-electron chi connectivity index (χ1n) is 12.2. The van der Waals surface area contributed by atoms with Gasteiger partial charge in [0.05, 0.1) is 0 Å². The third-order valence-corrected chi connectivity index (χ3v) is 9.66. The largest absolute Gasteiger partial charge is 0.103 e. The normalized spacial score (nSPS) is 47.2. The Morgan fingerprint density at radius 3 is 2.48 bits per heavy atom. The Hall–Kier alpha value is -0.520. The van der Waals surface area contributed by atoms with Crippen LogP contribution in [0.5, 0.6) is 0 Å². The van der Waals surface area contributed by atoms with Crippen molar-refractivity contribution in [1.29, 1.82) is 0 Å². The van der Waals surface area contributed by atoms with E-state index in [1.165, 1.54) is 57.8 Å². The van der Waals surface area contributed by atoms with Crippen LogP contribution in [0.15, 0.2) is 24.3 Å². The predicted molar refractivity (Wildman–Crippen MR) is 120 cm³/mol. The number of fused-ring (bicyclic) bond motifs is 5. The highest BCUT2D eigenvalue weighted by Gasteiger charge is 2.58. The molecule has 27 heavy (non-hydrogen) atoms. The van der Waals surface area contributed by atoms with E-state index in [9.17, 15) is 0 Å². The van der Waals surface area contributed by atoms with Crippen LogP contribution in [-0.2, 0) is 0 Å². The molecular weight excluding hydrogens is 324 g/mol. The van der Waals surface area contributed by atoms with Gasteiger partial charge in [-0.1, -0.05) is 65.7 Å². The van der Waals surface area contributed by atoms with Crippen molar-refractivity contribution in [3.05, 3.63) is 24.3 Å². The monoisotopic (exact) mass is 370 g/mol. The molecule has 3 saturated carbocycles. The van der Waals surface area contributed by atoms with Gasteiger partial charge in [0.15, 0.2) is 0 Å². The molecule has 0 heterocycles. The number of hydrogen-bond donors (Lipinski definition) is 0. The van der Waals surface area contributed by atoms with E-state index in [0.717, 1.165) is 29.6 Å². The van der Waals surface area contributed by atoms with E-state index in [2.05, 4.69) is 46.4 Å². The molecule has 8 atom stereocenters. The molecule has 0 radical (unpaired) electrons. The summed E-state index contributed by atoms with van der Waals surface area (Å²) in [4.78, 5) is 0. The van der Waals surface area contributed by atoms with E-state index >= 15 is 0 Å². The van der Waals surface area contributed by atoms with Gasteiger partial charge in [0, 0.05) is 0 Å². The van der Waals surface area contributed by atoms with E-state index in [4.69, 9.17) is 0 Å². The smallest absolute Gasteiger partial charge is 0.00853 e. The third kappa shape index (κ3) is 3.38. The number of hydrogen-bond acceptors (Lipinski definition) is 0. The van der Waals surface area contributed by atoms with E-state index in [1.807, 2.05) is 19.4 Å². The summed E-state index contributed by atoms with van der Waals surface area (Å²) in [5, 5.41) is 0. The van der Waals surface area contributed by atoms with Crippen molar-refractivity contribution in [1.82, 2.24) is 0 Å². The lowest BCUT2D eigenvalue weighted by Crippen LogP contribution is -2.50. The van der Waals surface area contributed by atoms with Gasteiger partial charge < -0.3 is 0 Å². The standard InChI is InChI=1S/C25H40.C2H6/c1-6-18(3)21-11-12-22-20-10-9-19-16-17(2)8-7-14-24(19,4)23(20)13-15-25(21,22)5;1-2/h6,16-18,20-23H,1,7-15H2,2-5H3;1-2H3/t17-,18+,20?,21+,22?,23?,24?,25?;/m0./s1. The maximum Gasteiger partial charge on any atom is -0.00853 e. The summed E-state index contributed by atoms with van der Waals surface area (Å²) in [6.07, 6.45) is 18.0. The minimum absolute atomic E-state index is 0.525. The second-order valence-electron chi connectivity index (χ2n) is 10.7. The van der Waals surface area contributed by atoms with E-state index in [0.29, 0.717) is 16.7 Å². The molecule has 4 aliphatic carbocycles. The fourth-order valence-electron chi connectivity index (χ4n) is 8.23. The summed E-state index contributed by atoms with van der Waals surface area (Å²) in [6, 6.07) is 0. The van der Waals surface area contributed by atoms with Crippen molar-refractivity contribution in [2.45, 2.75) is 99.3 Å². The fourth-order valence-corrected chi connectivity index (χ4v) is 8.23. The van der Waals surface area contributed by atoms with Crippen LogP contribution in [0, 0.1) is 46.3 Å². The molecule has 4 aliphatic rings. The van der Waals surface area contributed by atoms with Crippen LogP contribution < -0.4 is 0 Å². The van der Waals surface area contributed by atoms with Crippen molar-refractivity contribution in [2.24, 2.45) is 46.3 Å². The van der Waals surface area contributed by atoms with Crippen molar-refractivity contribution in [3.63, 3.8) is 0 Å². The molecule has 0 saturated heterocycles. The van der Waals surface area contributed by atoms with Gasteiger partial charge in [0.1, 0.15) is 0 Å². The molecule has 0 aromatic rings. The Kier molecular flexibility index (Phi) is 6.34. The molecule has 0 spiro atoms. The van der Waals surface area contributed by atoms with Crippen LogP contribution in [0.2, 0.25) is 0 Å². The van der Waals surface area contributed by atoms with Crippen LogP contribution in [0.3, 0.4) is 0 Å². The first-order chi connectivity index (χ1) is 12.9. The molecule has 0 bridgehead atoms. The summed E-state index contributed by atoms with van der Waals surface area (Å²) in [5.74, 6) is 5.34. The summed E-state index contributed by atoms with van der Waals surface area (Å²) in [5.41, 5.74) is 2.97. The minimum Gasteiger partial charge on any atom is -0.103 e. The molecule has 0 nitrogen and oxygen atoms in total. The SMILES string of the molecule is C=C[C@@H](C)[C@H]1CCC2C3CCC4=C[C@@H](C)CCCC4(C)C3CCC21C.CC. The van der Waals surface area contributed by atoms with Gasteiger partial charge in [0.25, 0.3) is 0 Å². The molecule has 0 aliphatic heterocycles. The molecule has 0 N–H and O–H groups in total. The van der Waals surface area contributed by atoms with Gasteiger partial charge in [-0.2, -0.15) is 0 Å². The third-order valence-electron chi connectivity index (χ3n) is 9.66. The van der Waals surface area contributed by atoms with Crippen LogP contribution in [0.4, 0.5) is 0 Å². The van der Waals surface area contributed by atoms with Gasteiger partial charge in [-0.25, -0.2) is 0 Å². The highest BCUT2D eigenvalue weighted by Crippen LogP contribution is 2.67. The molecule has 0 amide bonds. The zero-order valence-electron chi connectivity index (χ0n) is 19.2. The maximum atomic E-state index is 4.13. The van der Waals surface area contributed by atoms with Crippen LogP contribution in [0.1, 0.15) is 99.3 Å². The lowest BCUT2D eigenvalue weighted by Gasteiger charge is -2.58. The van der Waals surface area contributed by atoms with Crippen molar-refractivity contribution in [2.75, 3.05) is 0 Å². The Bertz CT molecular complexity index is 556. The van der Waals surface area contributed by atoms with Gasteiger partial charge >= 0.3 is 0 Å². The topological polar surface area (TPSA) is 0 Å². The van der Waals surface area contributed by atoms with E-state index < -0.39 is 0 Å². The van der Waals surface area contributed by atoms with E-state index in [1.54, 1.807) is 0 Å². The second-order valence-corrected chi connectivity index (χ2v) is 10.7. The van der Waals surface area contributed by atoms with E-state index in [-0.39, 0.29) is 0 Å². The molecule has 154 valence electrons. The average Bonchev–Trinajstić information content (AvgIpc) is 2.94. The summed E-state index contributed by atoms with van der Waals surface area (Å²) in [7, 11) is 0. The molecular formula is C27H46. The van der Waals surface area contributed by atoms with Crippen LogP contribution in [-0.4, -0.2) is 0 Å². The Morgan fingerprint density at radius 1 is 1.04 bits per heavy atom. The maximum absolute atomic E-state index is 4.13. The lowest BCUT2D eigenvalue weighted by atomic mass is 9.47. The van der Waals surface area contributed by atoms with Crippen molar-refractivity contribution < 1.29 is 0 Å². The van der Waals surface area contributed by atoms with Gasteiger partial charge in [-0.15, -0.1) is 6.58 Å². The highest BCUT2D eigenvalue weighted by atomic mass is 14.6. The molecule has 3 fully saturated rings. The predicted octanol–water partition coefficient (Wildman–Crippen LogP) is 8.44. The molecule has 5 unspecified atom stereocenters. The lowest BCUT2D eigenvalue weighted by molar-refractivity contribution is -0.0536. The van der Waals surface area contributed by atoms with Crippen LogP contribution >= 0.6 is 0 Å². The Morgan fingerprint density at radius 2 is 1.78 bits per heavy atom.